The largest absolute Gasteiger partial charge is 0.465 e. The molecular weight excluding hydrogens is 407 g/mol. The molecule has 0 aliphatic heterocycles. The van der Waals surface area contributed by atoms with Crippen LogP contribution in [0.15, 0.2) is 42.5 Å². The normalized spacial score (nSPS) is 24.9. The second-order valence-electron chi connectivity index (χ2n) is 7.95. The molecule has 0 heterocycles. The lowest BCUT2D eigenvalue weighted by atomic mass is 9.71. The van der Waals surface area contributed by atoms with Crippen LogP contribution in [0.4, 0.5) is 0 Å². The van der Waals surface area contributed by atoms with E-state index in [1.54, 1.807) is 19.1 Å². The minimum atomic E-state index is -0.829. The van der Waals surface area contributed by atoms with Gasteiger partial charge in [0.15, 0.2) is 5.78 Å². The van der Waals surface area contributed by atoms with Crippen molar-refractivity contribution in [3.63, 3.8) is 0 Å². The van der Waals surface area contributed by atoms with Gasteiger partial charge >= 0.3 is 5.97 Å². The van der Waals surface area contributed by atoms with Gasteiger partial charge in [0.2, 0.25) is 0 Å². The predicted octanol–water partition coefficient (Wildman–Crippen LogP) is 6.22. The van der Waals surface area contributed by atoms with Gasteiger partial charge in [-0.25, -0.2) is 0 Å². The molecule has 2 aliphatic carbocycles. The molecule has 0 spiro atoms. The fraction of sp³-hybridized carbons (Fsp3) is 0.500. The molecule has 5 heteroatoms. The Hall–Kier alpha value is -1.58. The highest BCUT2D eigenvalue weighted by molar-refractivity contribution is 6.42. The van der Waals surface area contributed by atoms with Gasteiger partial charge < -0.3 is 4.74 Å². The van der Waals surface area contributed by atoms with Gasteiger partial charge in [-0.3, -0.25) is 9.59 Å². The average Bonchev–Trinajstić information content (AvgIpc) is 2.75. The van der Waals surface area contributed by atoms with Crippen LogP contribution in [0, 0.1) is 23.7 Å². The molecule has 3 nitrogen and oxygen atoms in total. The highest BCUT2D eigenvalue weighted by Crippen LogP contribution is 2.38. The molecule has 0 amide bonds. The monoisotopic (exact) mass is 434 g/mol. The SMILES string of the molecule is CCOC(=O)C(Cc1cccc(Cl)c1Cl)C(=O)C1CCC(C2C=CC=CC2)CC1. The lowest BCUT2D eigenvalue weighted by molar-refractivity contribution is -0.153. The molecule has 2 atom stereocenters. The summed E-state index contributed by atoms with van der Waals surface area (Å²) in [5.74, 6) is -0.217. The molecular formula is C24H28Cl2O3. The van der Waals surface area contributed by atoms with Crippen molar-refractivity contribution in [2.75, 3.05) is 6.61 Å². The van der Waals surface area contributed by atoms with Crippen LogP contribution in [0.25, 0.3) is 0 Å². The van der Waals surface area contributed by atoms with Gasteiger partial charge in [-0.1, -0.05) is 59.6 Å². The number of rotatable bonds is 7. The molecule has 1 aromatic rings. The van der Waals surface area contributed by atoms with E-state index in [1.807, 2.05) is 6.07 Å². The van der Waals surface area contributed by atoms with E-state index in [2.05, 4.69) is 24.3 Å². The van der Waals surface area contributed by atoms with E-state index in [9.17, 15) is 9.59 Å². The summed E-state index contributed by atoms with van der Waals surface area (Å²) in [6.07, 6.45) is 13.7. The Morgan fingerprint density at radius 2 is 1.90 bits per heavy atom. The smallest absolute Gasteiger partial charge is 0.316 e. The maximum atomic E-state index is 13.3. The maximum absolute atomic E-state index is 13.3. The van der Waals surface area contributed by atoms with Crippen LogP contribution in [0.1, 0.15) is 44.6 Å². The number of Topliss-reactive ketones (excluding diaryl/α,β-unsaturated/α-hetero) is 1. The number of halogens is 2. The zero-order valence-corrected chi connectivity index (χ0v) is 18.3. The Bertz CT molecular complexity index is 791. The summed E-state index contributed by atoms with van der Waals surface area (Å²) in [6, 6.07) is 5.30. The van der Waals surface area contributed by atoms with E-state index in [-0.39, 0.29) is 24.7 Å². The Morgan fingerprint density at radius 1 is 1.14 bits per heavy atom. The number of esters is 1. The van der Waals surface area contributed by atoms with Crippen molar-refractivity contribution in [1.29, 1.82) is 0 Å². The number of benzene rings is 1. The van der Waals surface area contributed by atoms with Crippen molar-refractivity contribution in [2.45, 2.75) is 45.4 Å². The first-order chi connectivity index (χ1) is 14.0. The Kier molecular flexibility index (Phi) is 7.97. The number of ketones is 1. The molecule has 29 heavy (non-hydrogen) atoms. The highest BCUT2D eigenvalue weighted by atomic mass is 35.5. The second kappa shape index (κ2) is 10.4. The predicted molar refractivity (Wildman–Crippen MR) is 117 cm³/mol. The average molecular weight is 435 g/mol. The molecule has 3 rings (SSSR count). The molecule has 0 radical (unpaired) electrons. The molecule has 1 saturated carbocycles. The van der Waals surface area contributed by atoms with Crippen LogP contribution in [0.5, 0.6) is 0 Å². The highest BCUT2D eigenvalue weighted by Gasteiger charge is 2.37. The standard InChI is InChI=1S/C24H28Cl2O3/c1-2-29-24(28)20(15-19-9-6-10-21(25)22(19)26)23(27)18-13-11-17(12-14-18)16-7-4-3-5-8-16/h3-7,9-10,16-18,20H,2,8,11-15H2,1H3. The zero-order chi connectivity index (χ0) is 20.8. The summed E-state index contributed by atoms with van der Waals surface area (Å²) in [5.41, 5.74) is 0.707. The van der Waals surface area contributed by atoms with Gasteiger partial charge in [-0.05, 0) is 68.9 Å². The number of allylic oxidation sites excluding steroid dienone is 4. The Morgan fingerprint density at radius 3 is 2.55 bits per heavy atom. The van der Waals surface area contributed by atoms with Gasteiger partial charge in [0.25, 0.3) is 0 Å². The first-order valence-corrected chi connectivity index (χ1v) is 11.2. The van der Waals surface area contributed by atoms with Gasteiger partial charge in [0.05, 0.1) is 16.7 Å². The van der Waals surface area contributed by atoms with Crippen molar-refractivity contribution in [2.24, 2.45) is 23.7 Å². The lowest BCUT2D eigenvalue weighted by Gasteiger charge is -2.33. The fourth-order valence-electron chi connectivity index (χ4n) is 4.53. The van der Waals surface area contributed by atoms with Crippen LogP contribution in [-0.2, 0) is 20.7 Å². The van der Waals surface area contributed by atoms with Crippen molar-refractivity contribution < 1.29 is 14.3 Å². The van der Waals surface area contributed by atoms with Crippen molar-refractivity contribution in [3.05, 3.63) is 58.1 Å². The van der Waals surface area contributed by atoms with E-state index in [1.165, 1.54) is 0 Å². The van der Waals surface area contributed by atoms with E-state index < -0.39 is 11.9 Å². The first-order valence-electron chi connectivity index (χ1n) is 10.5. The first kappa shape index (κ1) is 22.1. The molecule has 2 aliphatic rings. The van der Waals surface area contributed by atoms with E-state index >= 15 is 0 Å². The quantitative estimate of drug-likeness (QED) is 0.377. The minimum Gasteiger partial charge on any atom is -0.465 e. The van der Waals surface area contributed by atoms with Crippen molar-refractivity contribution >= 4 is 35.0 Å². The van der Waals surface area contributed by atoms with E-state index in [0.717, 1.165) is 32.1 Å². The number of ether oxygens (including phenoxy) is 1. The molecule has 0 aromatic heterocycles. The molecule has 1 aromatic carbocycles. The van der Waals surface area contributed by atoms with Gasteiger partial charge in [0.1, 0.15) is 5.92 Å². The summed E-state index contributed by atoms with van der Waals surface area (Å²) in [5, 5.41) is 0.825. The van der Waals surface area contributed by atoms with Crippen LogP contribution >= 0.6 is 23.2 Å². The summed E-state index contributed by atoms with van der Waals surface area (Å²) < 4.78 is 5.22. The number of hydrogen-bond donors (Lipinski definition) is 0. The molecule has 2 unspecified atom stereocenters. The Balaban J connectivity index is 1.68. The van der Waals surface area contributed by atoms with Gasteiger partial charge in [-0.15, -0.1) is 0 Å². The minimum absolute atomic E-state index is 0.0166. The zero-order valence-electron chi connectivity index (χ0n) is 16.8. The third-order valence-corrected chi connectivity index (χ3v) is 7.02. The van der Waals surface area contributed by atoms with Crippen LogP contribution < -0.4 is 0 Å². The summed E-state index contributed by atoms with van der Waals surface area (Å²) in [7, 11) is 0. The van der Waals surface area contributed by atoms with Gasteiger partial charge in [0, 0.05) is 5.92 Å². The summed E-state index contributed by atoms with van der Waals surface area (Å²) in [4.78, 5) is 25.9. The van der Waals surface area contributed by atoms with Crippen molar-refractivity contribution in [1.82, 2.24) is 0 Å². The third kappa shape index (κ3) is 5.52. The molecule has 0 bridgehead atoms. The molecule has 1 fully saturated rings. The number of hydrogen-bond acceptors (Lipinski definition) is 3. The topological polar surface area (TPSA) is 43.4 Å². The fourth-order valence-corrected chi connectivity index (χ4v) is 4.93. The number of carbonyl (C=O) groups is 2. The van der Waals surface area contributed by atoms with Crippen molar-refractivity contribution in [3.8, 4) is 0 Å². The van der Waals surface area contributed by atoms with Gasteiger partial charge in [-0.2, -0.15) is 0 Å². The number of carbonyl (C=O) groups excluding carboxylic acids is 2. The Labute approximate surface area is 183 Å². The lowest BCUT2D eigenvalue weighted by Crippen LogP contribution is -2.35. The van der Waals surface area contributed by atoms with E-state index in [4.69, 9.17) is 27.9 Å². The molecule has 156 valence electrons. The third-order valence-electron chi connectivity index (χ3n) is 6.16. The van der Waals surface area contributed by atoms with Crippen LogP contribution in [0.2, 0.25) is 10.0 Å². The molecule has 0 saturated heterocycles. The summed E-state index contributed by atoms with van der Waals surface area (Å²) in [6.45, 7) is 2.00. The maximum Gasteiger partial charge on any atom is 0.316 e. The van der Waals surface area contributed by atoms with Crippen LogP contribution in [0.3, 0.4) is 0 Å². The van der Waals surface area contributed by atoms with E-state index in [0.29, 0.717) is 27.4 Å². The summed E-state index contributed by atoms with van der Waals surface area (Å²) >= 11 is 12.4. The van der Waals surface area contributed by atoms with Crippen LogP contribution in [-0.4, -0.2) is 18.4 Å². The molecule has 0 N–H and O–H groups in total. The second-order valence-corrected chi connectivity index (χ2v) is 8.73.